The number of carbonyl (C=O) groups is 1. The molecule has 108 valence electrons. The van der Waals surface area contributed by atoms with Gasteiger partial charge in [-0.2, -0.15) is 0 Å². The minimum absolute atomic E-state index is 0.0459. The van der Waals surface area contributed by atoms with Gasteiger partial charge in [-0.25, -0.2) is 4.79 Å². The van der Waals surface area contributed by atoms with Crippen molar-refractivity contribution in [1.29, 1.82) is 0 Å². The highest BCUT2D eigenvalue weighted by Gasteiger charge is 2.31. The fourth-order valence-electron chi connectivity index (χ4n) is 2.44. The number of rotatable bonds is 3. The third kappa shape index (κ3) is 3.53. The molecule has 0 aliphatic carbocycles. The molecular formula is C16H21NO3. The Kier molecular flexibility index (Phi) is 4.66. The van der Waals surface area contributed by atoms with Gasteiger partial charge in [0.1, 0.15) is 6.61 Å². The van der Waals surface area contributed by atoms with Crippen LogP contribution in [0.2, 0.25) is 0 Å². The second-order valence-corrected chi connectivity index (χ2v) is 5.31. The quantitative estimate of drug-likeness (QED) is 0.859. The van der Waals surface area contributed by atoms with E-state index in [1.54, 1.807) is 4.90 Å². The normalized spacial score (nSPS) is 22.4. The fraction of sp³-hybridized carbons (Fsp3) is 0.438. The number of aliphatic hydroxyl groups is 1. The van der Waals surface area contributed by atoms with Gasteiger partial charge in [-0.1, -0.05) is 36.9 Å². The first-order chi connectivity index (χ1) is 9.58. The van der Waals surface area contributed by atoms with Crippen LogP contribution < -0.4 is 0 Å². The van der Waals surface area contributed by atoms with E-state index in [1.165, 1.54) is 0 Å². The highest BCUT2D eigenvalue weighted by molar-refractivity contribution is 5.68. The van der Waals surface area contributed by atoms with Crippen LogP contribution in [0.3, 0.4) is 0 Å². The summed E-state index contributed by atoms with van der Waals surface area (Å²) >= 11 is 0. The van der Waals surface area contributed by atoms with Crippen LogP contribution in [-0.2, 0) is 11.3 Å². The molecule has 20 heavy (non-hydrogen) atoms. The molecule has 1 aromatic rings. The van der Waals surface area contributed by atoms with Crippen molar-refractivity contribution in [3.05, 3.63) is 48.2 Å². The maximum Gasteiger partial charge on any atom is 0.410 e. The van der Waals surface area contributed by atoms with E-state index in [1.807, 2.05) is 37.3 Å². The molecule has 0 bridgehead atoms. The Morgan fingerprint density at radius 3 is 2.75 bits per heavy atom. The van der Waals surface area contributed by atoms with Gasteiger partial charge in [-0.15, -0.1) is 0 Å². The van der Waals surface area contributed by atoms with Crippen molar-refractivity contribution in [3.8, 4) is 0 Å². The van der Waals surface area contributed by atoms with Crippen LogP contribution in [0.1, 0.15) is 25.3 Å². The summed E-state index contributed by atoms with van der Waals surface area (Å²) in [5, 5.41) is 9.50. The lowest BCUT2D eigenvalue weighted by molar-refractivity contribution is 0.0582. The Labute approximate surface area is 119 Å². The molecule has 1 aromatic carbocycles. The fourth-order valence-corrected chi connectivity index (χ4v) is 2.44. The summed E-state index contributed by atoms with van der Waals surface area (Å²) in [6, 6.07) is 9.73. The maximum absolute atomic E-state index is 12.1. The van der Waals surface area contributed by atoms with E-state index in [9.17, 15) is 9.90 Å². The van der Waals surface area contributed by atoms with Crippen molar-refractivity contribution in [2.45, 2.75) is 32.4 Å². The van der Waals surface area contributed by atoms with E-state index in [0.29, 0.717) is 6.54 Å². The van der Waals surface area contributed by atoms with E-state index in [2.05, 4.69) is 6.58 Å². The lowest BCUT2D eigenvalue weighted by Crippen LogP contribution is -2.46. The van der Waals surface area contributed by atoms with E-state index in [0.717, 1.165) is 18.4 Å². The van der Waals surface area contributed by atoms with Crippen molar-refractivity contribution in [1.82, 2.24) is 4.90 Å². The van der Waals surface area contributed by atoms with Gasteiger partial charge in [0, 0.05) is 18.5 Å². The van der Waals surface area contributed by atoms with Gasteiger partial charge in [0.2, 0.25) is 0 Å². The summed E-state index contributed by atoms with van der Waals surface area (Å²) in [6.45, 7) is 6.32. The summed E-state index contributed by atoms with van der Waals surface area (Å²) in [7, 11) is 0. The Morgan fingerprint density at radius 1 is 1.40 bits per heavy atom. The van der Waals surface area contributed by atoms with Crippen LogP contribution in [0.4, 0.5) is 4.79 Å². The van der Waals surface area contributed by atoms with Crippen LogP contribution in [0.25, 0.3) is 0 Å². The Bertz CT molecular complexity index is 472. The second kappa shape index (κ2) is 6.46. The molecule has 1 aliphatic heterocycles. The van der Waals surface area contributed by atoms with Crippen molar-refractivity contribution < 1.29 is 14.6 Å². The highest BCUT2D eigenvalue weighted by atomic mass is 16.6. The first-order valence-electron chi connectivity index (χ1n) is 6.93. The maximum atomic E-state index is 12.1. The number of hydrogen-bond donors (Lipinski definition) is 1. The first-order valence-corrected chi connectivity index (χ1v) is 6.93. The highest BCUT2D eigenvalue weighted by Crippen LogP contribution is 2.26. The summed E-state index contributed by atoms with van der Waals surface area (Å²) in [4.78, 5) is 13.8. The summed E-state index contributed by atoms with van der Waals surface area (Å²) < 4.78 is 5.34. The predicted molar refractivity (Wildman–Crippen MR) is 77.3 cm³/mol. The zero-order valence-corrected chi connectivity index (χ0v) is 11.8. The molecule has 0 radical (unpaired) electrons. The monoisotopic (exact) mass is 275 g/mol. The van der Waals surface area contributed by atoms with Crippen molar-refractivity contribution >= 4 is 6.09 Å². The molecule has 2 atom stereocenters. The SMILES string of the molecule is C=C(O)[C@@H]1CC[C@H](C)N(C(=O)OCc2ccccc2)C1. The zero-order valence-electron chi connectivity index (χ0n) is 11.8. The molecule has 0 saturated carbocycles. The number of hydrogen-bond acceptors (Lipinski definition) is 3. The minimum atomic E-state index is -0.327. The zero-order chi connectivity index (χ0) is 14.5. The molecule has 1 heterocycles. The van der Waals surface area contributed by atoms with Gasteiger partial charge < -0.3 is 14.7 Å². The lowest BCUT2D eigenvalue weighted by atomic mass is 9.93. The predicted octanol–water partition coefficient (Wildman–Crippen LogP) is 3.50. The smallest absolute Gasteiger partial charge is 0.410 e. The Hall–Kier alpha value is -1.97. The molecule has 2 rings (SSSR count). The molecule has 1 aliphatic rings. The lowest BCUT2D eigenvalue weighted by Gasteiger charge is -2.36. The molecule has 1 fully saturated rings. The number of likely N-dealkylation sites (tertiary alicyclic amines) is 1. The number of piperidine rings is 1. The first kappa shape index (κ1) is 14.4. The van der Waals surface area contributed by atoms with E-state index in [-0.39, 0.29) is 30.4 Å². The number of nitrogens with zero attached hydrogens (tertiary/aromatic N) is 1. The summed E-state index contributed by atoms with van der Waals surface area (Å²) in [6.07, 6.45) is 1.39. The molecule has 4 heteroatoms. The standard InChI is InChI=1S/C16H21NO3/c1-12-8-9-15(13(2)18)10-17(12)16(19)20-11-14-6-4-3-5-7-14/h3-7,12,15,18H,2,8-11H2,1H3/t12-,15+/m0/s1. The van der Waals surface area contributed by atoms with Crippen molar-refractivity contribution in [2.75, 3.05) is 6.54 Å². The van der Waals surface area contributed by atoms with Crippen LogP contribution in [0.5, 0.6) is 0 Å². The van der Waals surface area contributed by atoms with Gasteiger partial charge in [-0.3, -0.25) is 0 Å². The molecular weight excluding hydrogens is 254 g/mol. The number of benzene rings is 1. The van der Waals surface area contributed by atoms with Crippen LogP contribution in [0.15, 0.2) is 42.7 Å². The summed E-state index contributed by atoms with van der Waals surface area (Å²) in [5.74, 6) is 0.105. The largest absolute Gasteiger partial charge is 0.513 e. The van der Waals surface area contributed by atoms with E-state index >= 15 is 0 Å². The van der Waals surface area contributed by atoms with Crippen LogP contribution in [-0.4, -0.2) is 28.7 Å². The minimum Gasteiger partial charge on any atom is -0.513 e. The molecule has 0 spiro atoms. The van der Waals surface area contributed by atoms with Gasteiger partial charge in [-0.05, 0) is 25.3 Å². The molecule has 0 aromatic heterocycles. The molecule has 1 N–H and O–H groups in total. The number of aliphatic hydroxyl groups excluding tert-OH is 1. The van der Waals surface area contributed by atoms with Gasteiger partial charge in [0.05, 0.1) is 5.76 Å². The number of amides is 1. The van der Waals surface area contributed by atoms with Gasteiger partial charge in [0.25, 0.3) is 0 Å². The molecule has 1 amide bonds. The van der Waals surface area contributed by atoms with E-state index < -0.39 is 0 Å². The summed E-state index contributed by atoms with van der Waals surface area (Å²) in [5.41, 5.74) is 0.966. The van der Waals surface area contributed by atoms with E-state index in [4.69, 9.17) is 4.74 Å². The van der Waals surface area contributed by atoms with Crippen LogP contribution in [0, 0.1) is 5.92 Å². The average molecular weight is 275 g/mol. The van der Waals surface area contributed by atoms with Crippen LogP contribution >= 0.6 is 0 Å². The molecule has 4 nitrogen and oxygen atoms in total. The molecule has 1 saturated heterocycles. The number of ether oxygens (including phenoxy) is 1. The molecule has 0 unspecified atom stereocenters. The average Bonchev–Trinajstić information content (AvgIpc) is 2.46. The third-order valence-electron chi connectivity index (χ3n) is 3.79. The Balaban J connectivity index is 1.91. The number of carbonyl (C=O) groups excluding carboxylic acids is 1. The Morgan fingerprint density at radius 2 is 2.10 bits per heavy atom. The van der Waals surface area contributed by atoms with Crippen molar-refractivity contribution in [3.63, 3.8) is 0 Å². The van der Waals surface area contributed by atoms with Crippen molar-refractivity contribution in [2.24, 2.45) is 5.92 Å². The topological polar surface area (TPSA) is 49.8 Å². The van der Waals surface area contributed by atoms with Gasteiger partial charge >= 0.3 is 6.09 Å². The third-order valence-corrected chi connectivity index (χ3v) is 3.79. The van der Waals surface area contributed by atoms with Gasteiger partial charge in [0.15, 0.2) is 0 Å². The second-order valence-electron chi connectivity index (χ2n) is 5.31.